The number of anilines is 1. The van der Waals surface area contributed by atoms with E-state index in [0.717, 1.165) is 5.17 Å². The monoisotopic (exact) mass is 309 g/mol. The summed E-state index contributed by atoms with van der Waals surface area (Å²) in [4.78, 5) is 21.5. The molecule has 1 N–H and O–H groups in total. The minimum absolute atomic E-state index is 0.403. The summed E-state index contributed by atoms with van der Waals surface area (Å²) in [7, 11) is 0. The van der Waals surface area contributed by atoms with Crippen LogP contribution in [0.1, 0.15) is 40.5 Å². The van der Waals surface area contributed by atoms with Crippen molar-refractivity contribution in [2.24, 2.45) is 5.29 Å². The summed E-state index contributed by atoms with van der Waals surface area (Å²) < 4.78 is 0. The van der Waals surface area contributed by atoms with Gasteiger partial charge in [-0.1, -0.05) is 28.4 Å². The summed E-state index contributed by atoms with van der Waals surface area (Å²) in [6, 6.07) is 8.72. The van der Waals surface area contributed by atoms with Gasteiger partial charge >= 0.3 is 0 Å². The Morgan fingerprint density at radius 2 is 1.73 bits per heavy atom. The van der Waals surface area contributed by atoms with Gasteiger partial charge in [-0.25, -0.2) is 0 Å². The Morgan fingerprint density at radius 3 is 2.23 bits per heavy atom. The van der Waals surface area contributed by atoms with E-state index in [1.54, 1.807) is 29.3 Å². The van der Waals surface area contributed by atoms with Gasteiger partial charge in [0.25, 0.3) is 0 Å². The number of hydrogen-bond donors (Lipinski definition) is 1. The second-order valence-corrected chi connectivity index (χ2v) is 6.82. The van der Waals surface area contributed by atoms with Crippen LogP contribution in [0.2, 0.25) is 0 Å². The molecule has 7 nitrogen and oxygen atoms in total. The second kappa shape index (κ2) is 6.29. The van der Waals surface area contributed by atoms with Gasteiger partial charge < -0.3 is 5.11 Å². The number of aliphatic hydroxyl groups excluding tert-OH is 1. The Kier molecular flexibility index (Phi) is 4.81. The molecule has 1 aliphatic heterocycles. The summed E-state index contributed by atoms with van der Waals surface area (Å²) in [5, 5.41) is 15.2. The lowest BCUT2D eigenvalue weighted by atomic mass is 9.80. The summed E-state index contributed by atoms with van der Waals surface area (Å²) in [6.45, 7) is 7.78. The molecular formula is C15H23N3O4. The van der Waals surface area contributed by atoms with Crippen LogP contribution in [0.25, 0.3) is 0 Å². The third-order valence-electron chi connectivity index (χ3n) is 3.80. The van der Waals surface area contributed by atoms with Crippen molar-refractivity contribution in [3.05, 3.63) is 35.2 Å². The first-order valence-corrected chi connectivity index (χ1v) is 7.28. The zero-order valence-corrected chi connectivity index (χ0v) is 13.4. The summed E-state index contributed by atoms with van der Waals surface area (Å²) >= 11 is 0. The number of nitroso groups, excluding NO2 is 1. The molecule has 1 saturated heterocycles. The van der Waals surface area contributed by atoms with Crippen molar-refractivity contribution in [2.75, 3.05) is 5.17 Å². The van der Waals surface area contributed by atoms with E-state index in [2.05, 4.69) is 5.29 Å². The van der Waals surface area contributed by atoms with Crippen LogP contribution in [0.3, 0.4) is 0 Å². The van der Waals surface area contributed by atoms with Crippen LogP contribution in [-0.4, -0.2) is 27.4 Å². The molecular weight excluding hydrogens is 286 g/mol. The standard InChI is InChI=1S/C15H23N3O4/c1-14(2)10-13(19)11-15(3,4)18(14)22-21-17(16-20)12-8-6-5-7-9-12/h5-9,13,19H,10-11H2,1-4H3. The van der Waals surface area contributed by atoms with Gasteiger partial charge in [0.2, 0.25) is 0 Å². The number of hydroxylamine groups is 2. The molecule has 0 spiro atoms. The zero-order chi connectivity index (χ0) is 16.4. The van der Waals surface area contributed by atoms with Crippen LogP contribution in [0, 0.1) is 4.91 Å². The minimum Gasteiger partial charge on any atom is -0.393 e. The molecule has 0 radical (unpaired) electrons. The minimum atomic E-state index is -0.452. The van der Waals surface area contributed by atoms with Crippen molar-refractivity contribution in [2.45, 2.75) is 57.7 Å². The highest BCUT2D eigenvalue weighted by Gasteiger charge is 2.47. The summed E-state index contributed by atoms with van der Waals surface area (Å²) in [6.07, 6.45) is 0.679. The Morgan fingerprint density at radius 1 is 1.18 bits per heavy atom. The van der Waals surface area contributed by atoms with Crippen molar-refractivity contribution >= 4 is 5.69 Å². The number of benzene rings is 1. The average molecular weight is 309 g/mol. The van der Waals surface area contributed by atoms with Gasteiger partial charge in [-0.3, -0.25) is 0 Å². The van der Waals surface area contributed by atoms with Crippen LogP contribution < -0.4 is 5.17 Å². The van der Waals surface area contributed by atoms with Crippen molar-refractivity contribution in [1.82, 2.24) is 5.06 Å². The van der Waals surface area contributed by atoms with Gasteiger partial charge in [0.1, 0.15) is 0 Å². The van der Waals surface area contributed by atoms with Crippen LogP contribution in [-0.2, 0) is 9.98 Å². The Hall–Kier alpha value is -1.54. The number of aliphatic hydroxyl groups is 1. The third-order valence-corrected chi connectivity index (χ3v) is 3.80. The van der Waals surface area contributed by atoms with Crippen molar-refractivity contribution in [3.63, 3.8) is 0 Å². The molecule has 0 amide bonds. The smallest absolute Gasteiger partial charge is 0.0966 e. The van der Waals surface area contributed by atoms with E-state index in [0.29, 0.717) is 18.5 Å². The topological polar surface area (TPSA) is 74.6 Å². The summed E-state index contributed by atoms with van der Waals surface area (Å²) in [5.74, 6) is 0. The summed E-state index contributed by atoms with van der Waals surface area (Å²) in [5.41, 5.74) is -0.441. The number of rotatable bonds is 5. The fourth-order valence-electron chi connectivity index (χ4n) is 3.14. The fourth-order valence-corrected chi connectivity index (χ4v) is 3.14. The molecule has 7 heteroatoms. The second-order valence-electron chi connectivity index (χ2n) is 6.82. The lowest BCUT2D eigenvalue weighted by Crippen LogP contribution is -2.61. The molecule has 2 rings (SSSR count). The molecule has 1 heterocycles. The first-order chi connectivity index (χ1) is 10.3. The van der Waals surface area contributed by atoms with E-state index >= 15 is 0 Å². The van der Waals surface area contributed by atoms with Gasteiger partial charge in [-0.2, -0.15) is 0 Å². The maximum Gasteiger partial charge on any atom is 0.0966 e. The highest BCUT2D eigenvalue weighted by atomic mass is 17.4. The zero-order valence-electron chi connectivity index (χ0n) is 13.4. The van der Waals surface area contributed by atoms with E-state index in [4.69, 9.17) is 9.98 Å². The van der Waals surface area contributed by atoms with Gasteiger partial charge in [0.05, 0.1) is 17.1 Å². The van der Waals surface area contributed by atoms with Crippen LogP contribution in [0.15, 0.2) is 35.6 Å². The lowest BCUT2D eigenvalue weighted by molar-refractivity contribution is -0.482. The van der Waals surface area contributed by atoms with Gasteiger partial charge in [-0.05, 0) is 52.7 Å². The number of piperidine rings is 1. The molecule has 0 bridgehead atoms. The van der Waals surface area contributed by atoms with Gasteiger partial charge in [0.15, 0.2) is 0 Å². The van der Waals surface area contributed by atoms with E-state index < -0.39 is 17.2 Å². The SMILES string of the molecule is CC1(C)CC(O)CC(C)(C)N1OON(N=O)c1ccccc1. The van der Waals surface area contributed by atoms with Gasteiger partial charge in [-0.15, -0.1) is 15.0 Å². The molecule has 1 aromatic carbocycles. The van der Waals surface area contributed by atoms with Crippen LogP contribution in [0.4, 0.5) is 5.69 Å². The largest absolute Gasteiger partial charge is 0.393 e. The highest BCUT2D eigenvalue weighted by Crippen LogP contribution is 2.38. The van der Waals surface area contributed by atoms with Gasteiger partial charge in [0, 0.05) is 11.1 Å². The van der Waals surface area contributed by atoms with Crippen LogP contribution in [0.5, 0.6) is 0 Å². The lowest BCUT2D eigenvalue weighted by Gasteiger charge is -2.51. The van der Waals surface area contributed by atoms with Crippen LogP contribution >= 0.6 is 0 Å². The molecule has 122 valence electrons. The predicted molar refractivity (Wildman–Crippen MR) is 82.1 cm³/mol. The third kappa shape index (κ3) is 3.61. The van der Waals surface area contributed by atoms with Crippen molar-refractivity contribution in [3.8, 4) is 0 Å². The van der Waals surface area contributed by atoms with Crippen molar-refractivity contribution in [1.29, 1.82) is 0 Å². The fraction of sp³-hybridized carbons (Fsp3) is 0.600. The molecule has 1 aliphatic rings. The first-order valence-electron chi connectivity index (χ1n) is 7.28. The Balaban J connectivity index is 2.10. The molecule has 0 saturated carbocycles. The number of para-hydroxylation sites is 1. The molecule has 22 heavy (non-hydrogen) atoms. The average Bonchev–Trinajstić information content (AvgIpc) is 2.41. The first kappa shape index (κ1) is 16.8. The molecule has 0 atom stereocenters. The maximum absolute atomic E-state index is 11.0. The molecule has 1 aromatic rings. The molecule has 0 aliphatic carbocycles. The Bertz CT molecular complexity index is 489. The van der Waals surface area contributed by atoms with E-state index in [9.17, 15) is 10.0 Å². The van der Waals surface area contributed by atoms with E-state index in [1.807, 2.05) is 33.8 Å². The molecule has 0 aromatic heterocycles. The maximum atomic E-state index is 11.0. The number of hydrogen-bond acceptors (Lipinski definition) is 6. The molecule has 0 unspecified atom stereocenters. The predicted octanol–water partition coefficient (Wildman–Crippen LogP) is 2.97. The van der Waals surface area contributed by atoms with E-state index in [1.165, 1.54) is 0 Å². The van der Waals surface area contributed by atoms with E-state index in [-0.39, 0.29) is 0 Å². The molecule has 1 fully saturated rings. The number of nitrogens with zero attached hydrogens (tertiary/aromatic N) is 3. The Labute approximate surface area is 130 Å². The normalized spacial score (nSPS) is 21.5. The van der Waals surface area contributed by atoms with Crippen molar-refractivity contribution < 1.29 is 15.1 Å². The quantitative estimate of drug-likeness (QED) is 0.512. The highest BCUT2D eigenvalue weighted by molar-refractivity contribution is 5.41.